The van der Waals surface area contributed by atoms with Crippen LogP contribution in [0.4, 0.5) is 0 Å². The van der Waals surface area contributed by atoms with Crippen LogP contribution in [0.1, 0.15) is 52.9 Å². The van der Waals surface area contributed by atoms with E-state index < -0.39 is 15.7 Å². The van der Waals surface area contributed by atoms with Gasteiger partial charge in [0.15, 0.2) is 0 Å². The molecule has 6 heteroatoms. The number of rotatable bonds is 9. The predicted octanol–water partition coefficient (Wildman–Crippen LogP) is 1.21. The van der Waals surface area contributed by atoms with Gasteiger partial charge in [-0.3, -0.25) is 0 Å². The van der Waals surface area contributed by atoms with Crippen LogP contribution in [0.25, 0.3) is 0 Å². The van der Waals surface area contributed by atoms with E-state index in [-0.39, 0.29) is 6.04 Å². The Morgan fingerprint density at radius 2 is 1.83 bits per heavy atom. The molecule has 1 rings (SSSR count). The van der Waals surface area contributed by atoms with Gasteiger partial charge in [-0.1, -0.05) is 20.8 Å². The van der Waals surface area contributed by atoms with Gasteiger partial charge in [-0.05, 0) is 32.1 Å². The number of hydrogen-bond donors (Lipinski definition) is 2. The summed E-state index contributed by atoms with van der Waals surface area (Å²) in [6.45, 7) is 6.90. The first-order chi connectivity index (χ1) is 8.45. The summed E-state index contributed by atoms with van der Waals surface area (Å²) >= 11 is 0. The molecule has 108 valence electrons. The Kier molecular flexibility index (Phi) is 5.58. The Morgan fingerprint density at radius 1 is 1.28 bits per heavy atom. The summed E-state index contributed by atoms with van der Waals surface area (Å²) in [5.74, 6) is 0. The molecule has 0 spiro atoms. The Bertz CT molecular complexity index is 340. The second-order valence-electron chi connectivity index (χ2n) is 5.10. The van der Waals surface area contributed by atoms with E-state index in [9.17, 15) is 8.42 Å². The van der Waals surface area contributed by atoms with Crippen LogP contribution in [0, 0.1) is 0 Å². The van der Waals surface area contributed by atoms with Crippen LogP contribution in [0.15, 0.2) is 0 Å². The van der Waals surface area contributed by atoms with Gasteiger partial charge < -0.3 is 5.73 Å². The van der Waals surface area contributed by atoms with Gasteiger partial charge in [-0.15, -0.1) is 0 Å². The molecule has 1 fully saturated rings. The predicted molar refractivity (Wildman–Crippen MR) is 74.4 cm³/mol. The highest BCUT2D eigenvalue weighted by molar-refractivity contribution is 7.87. The maximum absolute atomic E-state index is 12.5. The van der Waals surface area contributed by atoms with E-state index in [2.05, 4.69) is 4.72 Å². The minimum absolute atomic E-state index is 0.138. The van der Waals surface area contributed by atoms with Crippen LogP contribution >= 0.6 is 0 Å². The molecule has 0 heterocycles. The molecule has 3 N–H and O–H groups in total. The second kappa shape index (κ2) is 6.32. The molecule has 18 heavy (non-hydrogen) atoms. The summed E-state index contributed by atoms with van der Waals surface area (Å²) in [5, 5.41) is 0. The first-order valence-corrected chi connectivity index (χ1v) is 8.40. The zero-order valence-electron chi connectivity index (χ0n) is 11.8. The van der Waals surface area contributed by atoms with Crippen molar-refractivity contribution in [2.45, 2.75) is 64.5 Å². The molecule has 0 aromatic rings. The van der Waals surface area contributed by atoms with Gasteiger partial charge in [-0.25, -0.2) is 0 Å². The molecule has 1 saturated carbocycles. The average molecular weight is 277 g/mol. The average Bonchev–Trinajstić information content (AvgIpc) is 3.13. The summed E-state index contributed by atoms with van der Waals surface area (Å²) in [6, 6.07) is 0.138. The Labute approximate surface area is 111 Å². The highest BCUT2D eigenvalue weighted by atomic mass is 32.2. The molecule has 1 aliphatic carbocycles. The summed E-state index contributed by atoms with van der Waals surface area (Å²) in [6.07, 6.45) is 4.19. The van der Waals surface area contributed by atoms with E-state index in [0.29, 0.717) is 13.1 Å². The molecular weight excluding hydrogens is 250 g/mol. The van der Waals surface area contributed by atoms with E-state index >= 15 is 0 Å². The number of nitrogens with one attached hydrogen (secondary N) is 1. The zero-order valence-corrected chi connectivity index (χ0v) is 12.6. The Balaban J connectivity index is 2.97. The topological polar surface area (TPSA) is 75.4 Å². The maximum atomic E-state index is 12.5. The van der Waals surface area contributed by atoms with Crippen LogP contribution in [-0.2, 0) is 10.2 Å². The Hall–Kier alpha value is -0.170. The molecule has 0 saturated heterocycles. The van der Waals surface area contributed by atoms with Crippen molar-refractivity contribution in [3.63, 3.8) is 0 Å². The fourth-order valence-electron chi connectivity index (χ4n) is 2.28. The fraction of sp³-hybridized carbons (Fsp3) is 1.00. The van der Waals surface area contributed by atoms with Crippen LogP contribution in [0.5, 0.6) is 0 Å². The van der Waals surface area contributed by atoms with Crippen LogP contribution in [0.2, 0.25) is 0 Å². The standard InChI is InChI=1S/C12H27N3O2S/c1-4-9-15(12(5-2,6-3)10-13)18(16,17)14-11-7-8-11/h11,14H,4-10,13H2,1-3H3. The van der Waals surface area contributed by atoms with Gasteiger partial charge in [0, 0.05) is 24.7 Å². The van der Waals surface area contributed by atoms with E-state index in [0.717, 1.165) is 32.1 Å². The minimum atomic E-state index is -3.41. The quantitative estimate of drug-likeness (QED) is 0.665. The van der Waals surface area contributed by atoms with Crippen molar-refractivity contribution in [2.24, 2.45) is 5.73 Å². The molecule has 0 unspecified atom stereocenters. The molecular formula is C12H27N3O2S. The van der Waals surface area contributed by atoms with Gasteiger partial charge in [0.1, 0.15) is 0 Å². The largest absolute Gasteiger partial charge is 0.329 e. The third-order valence-electron chi connectivity index (χ3n) is 3.84. The highest BCUT2D eigenvalue weighted by Gasteiger charge is 2.41. The van der Waals surface area contributed by atoms with Crippen LogP contribution < -0.4 is 10.5 Å². The molecule has 0 aromatic heterocycles. The molecule has 0 amide bonds. The van der Waals surface area contributed by atoms with E-state index in [1.54, 1.807) is 4.31 Å². The molecule has 5 nitrogen and oxygen atoms in total. The number of nitrogens with two attached hydrogens (primary N) is 1. The van der Waals surface area contributed by atoms with E-state index in [1.807, 2.05) is 20.8 Å². The summed E-state index contributed by atoms with van der Waals surface area (Å²) in [5.41, 5.74) is 5.42. The second-order valence-corrected chi connectivity index (χ2v) is 6.73. The Morgan fingerprint density at radius 3 is 2.17 bits per heavy atom. The summed E-state index contributed by atoms with van der Waals surface area (Å²) < 4.78 is 29.3. The lowest BCUT2D eigenvalue weighted by molar-refractivity contribution is 0.175. The lowest BCUT2D eigenvalue weighted by Crippen LogP contribution is -2.59. The third-order valence-corrected chi connectivity index (χ3v) is 5.62. The number of hydrogen-bond acceptors (Lipinski definition) is 3. The van der Waals surface area contributed by atoms with Gasteiger partial charge in [0.2, 0.25) is 0 Å². The minimum Gasteiger partial charge on any atom is -0.329 e. The first kappa shape index (κ1) is 15.9. The van der Waals surface area contributed by atoms with Gasteiger partial charge in [-0.2, -0.15) is 17.4 Å². The van der Waals surface area contributed by atoms with Crippen molar-refractivity contribution in [3.8, 4) is 0 Å². The first-order valence-electron chi connectivity index (χ1n) is 6.96. The van der Waals surface area contributed by atoms with Crippen LogP contribution in [0.3, 0.4) is 0 Å². The fourth-order valence-corrected chi connectivity index (χ4v) is 4.33. The van der Waals surface area contributed by atoms with Gasteiger partial charge in [0.25, 0.3) is 10.2 Å². The van der Waals surface area contributed by atoms with Crippen molar-refractivity contribution in [1.82, 2.24) is 9.03 Å². The lowest BCUT2D eigenvalue weighted by Gasteiger charge is -2.41. The SMILES string of the molecule is CCCN(C(CC)(CC)CN)S(=O)(=O)NC1CC1. The van der Waals surface area contributed by atoms with Crippen molar-refractivity contribution in [1.29, 1.82) is 0 Å². The van der Waals surface area contributed by atoms with Gasteiger partial charge in [0.05, 0.1) is 0 Å². The normalized spacial score (nSPS) is 17.4. The molecule has 1 aliphatic rings. The van der Waals surface area contributed by atoms with E-state index in [1.165, 1.54) is 0 Å². The third kappa shape index (κ3) is 3.44. The molecule has 0 radical (unpaired) electrons. The molecule has 0 atom stereocenters. The molecule has 0 aromatic carbocycles. The van der Waals surface area contributed by atoms with E-state index in [4.69, 9.17) is 5.73 Å². The zero-order chi connectivity index (χ0) is 13.8. The summed E-state index contributed by atoms with van der Waals surface area (Å²) in [7, 11) is -3.41. The highest BCUT2D eigenvalue weighted by Crippen LogP contribution is 2.28. The number of nitrogens with zero attached hydrogens (tertiary/aromatic N) is 1. The van der Waals surface area contributed by atoms with Gasteiger partial charge >= 0.3 is 0 Å². The molecule has 0 aliphatic heterocycles. The summed E-state index contributed by atoms with van der Waals surface area (Å²) in [4.78, 5) is 0. The monoisotopic (exact) mass is 277 g/mol. The smallest absolute Gasteiger partial charge is 0.280 e. The van der Waals surface area contributed by atoms with Crippen molar-refractivity contribution >= 4 is 10.2 Å². The van der Waals surface area contributed by atoms with Crippen LogP contribution in [-0.4, -0.2) is 37.4 Å². The maximum Gasteiger partial charge on any atom is 0.280 e. The molecule has 0 bridgehead atoms. The van der Waals surface area contributed by atoms with Crippen molar-refractivity contribution in [3.05, 3.63) is 0 Å². The van der Waals surface area contributed by atoms with Crippen molar-refractivity contribution < 1.29 is 8.42 Å². The van der Waals surface area contributed by atoms with Crippen molar-refractivity contribution in [2.75, 3.05) is 13.1 Å². The lowest BCUT2D eigenvalue weighted by atomic mass is 9.93.